The molecule has 1 aliphatic rings. The van der Waals surface area contributed by atoms with E-state index < -0.39 is 181 Å². The maximum Gasteiger partial charge on any atom is 0.331 e. The molecule has 0 radical (unpaired) electrons. The van der Waals surface area contributed by atoms with Crippen molar-refractivity contribution in [2.45, 2.75) is 210 Å². The molecule has 3 aromatic carbocycles. The zero-order chi connectivity index (χ0) is 82.8. The Morgan fingerprint density at radius 2 is 0.947 bits per heavy atom. The van der Waals surface area contributed by atoms with Crippen molar-refractivity contribution < 1.29 is 82.1 Å². The number of hydrogen-bond donors (Lipinski definition) is 21. The van der Waals surface area contributed by atoms with Crippen LogP contribution in [0.25, 0.3) is 21.8 Å². The normalized spacial score (nSPS) is 18.1. The lowest BCUT2D eigenvalue weighted by atomic mass is 9.97. The number of carbonyl (C=O) groups is 14. The van der Waals surface area contributed by atoms with Crippen molar-refractivity contribution in [1.29, 1.82) is 0 Å². The van der Waals surface area contributed by atoms with Crippen LogP contribution >= 0.6 is 0 Å². The number of aromatic hydroxyl groups is 1. The Labute approximate surface area is 655 Å². The number of aromatic amines is 2. The molecular formula is C77H113N19O17. The molecule has 0 saturated carbocycles. The number of para-hydroxylation sites is 2. The van der Waals surface area contributed by atoms with Crippen molar-refractivity contribution >= 4 is 105 Å². The Morgan fingerprint density at radius 1 is 0.522 bits per heavy atom. The topological polar surface area (TPSA) is 595 Å². The highest BCUT2D eigenvalue weighted by Gasteiger charge is 2.41. The lowest BCUT2D eigenvalue weighted by Crippen LogP contribution is -2.62. The number of fused-ring (bicyclic) bond motifs is 2. The monoisotopic (exact) mass is 1580 g/mol. The van der Waals surface area contributed by atoms with E-state index in [4.69, 9.17) is 33.4 Å². The van der Waals surface area contributed by atoms with E-state index in [0.29, 0.717) is 51.3 Å². The third-order valence-corrected chi connectivity index (χ3v) is 19.8. The largest absolute Gasteiger partial charge is 0.508 e. The van der Waals surface area contributed by atoms with Crippen LogP contribution < -0.4 is 92.5 Å². The van der Waals surface area contributed by atoms with E-state index in [-0.39, 0.29) is 115 Å². The van der Waals surface area contributed by atoms with Crippen molar-refractivity contribution in [3.8, 4) is 5.75 Å². The first-order valence-corrected chi connectivity index (χ1v) is 38.4. The van der Waals surface area contributed by atoms with E-state index >= 15 is 9.59 Å². The number of rotatable bonds is 44. The number of ether oxygens (including phenoxy) is 1. The van der Waals surface area contributed by atoms with Crippen LogP contribution in [0, 0.1) is 11.8 Å². The van der Waals surface area contributed by atoms with Gasteiger partial charge in [-0.3, -0.25) is 62.3 Å². The van der Waals surface area contributed by atoms with Gasteiger partial charge in [0.2, 0.25) is 76.8 Å². The average molecular weight is 1580 g/mol. The lowest BCUT2D eigenvalue weighted by Gasteiger charge is -2.30. The summed E-state index contributed by atoms with van der Waals surface area (Å²) in [5.41, 5.74) is 32.3. The molecule has 5 aromatic rings. The van der Waals surface area contributed by atoms with Gasteiger partial charge in [0.1, 0.15) is 72.3 Å². The highest BCUT2D eigenvalue weighted by atomic mass is 16.5. The summed E-state index contributed by atoms with van der Waals surface area (Å²) in [7, 11) is 0. The molecule has 1 aliphatic heterocycles. The predicted molar refractivity (Wildman–Crippen MR) is 418 cm³/mol. The molecule has 1 fully saturated rings. The summed E-state index contributed by atoms with van der Waals surface area (Å²) in [6, 6.07) is 3.08. The Morgan fingerprint density at radius 3 is 1.38 bits per heavy atom. The molecule has 26 N–H and O–H groups in total. The van der Waals surface area contributed by atoms with E-state index in [1.54, 1.807) is 74.8 Å². The van der Waals surface area contributed by atoms with Crippen molar-refractivity contribution in [2.75, 3.05) is 39.3 Å². The van der Waals surface area contributed by atoms with Gasteiger partial charge in [0.25, 0.3) is 0 Å². The number of aliphatic hydroxyl groups excluding tert-OH is 1. The Balaban J connectivity index is 1.28. The second kappa shape index (κ2) is 46.0. The number of hydrogen-bond acceptors (Lipinski definition) is 21. The Bertz CT molecular complexity index is 4060. The third kappa shape index (κ3) is 28.3. The molecule has 14 atom stereocenters. The number of phenolic OH excluding ortho intramolecular Hbond substituents is 1. The second-order valence-electron chi connectivity index (χ2n) is 28.5. The number of primary amides is 1. The van der Waals surface area contributed by atoms with E-state index in [1.807, 2.05) is 13.8 Å². The van der Waals surface area contributed by atoms with Gasteiger partial charge in [0.15, 0.2) is 6.04 Å². The molecule has 0 spiro atoms. The van der Waals surface area contributed by atoms with E-state index in [2.05, 4.69) is 73.8 Å². The van der Waals surface area contributed by atoms with Gasteiger partial charge in [-0.1, -0.05) is 89.1 Å². The van der Waals surface area contributed by atoms with Gasteiger partial charge in [-0.05, 0) is 144 Å². The number of aromatic nitrogens is 2. The minimum Gasteiger partial charge on any atom is -0.508 e. The molecule has 113 heavy (non-hydrogen) atoms. The van der Waals surface area contributed by atoms with Gasteiger partial charge in [0.05, 0.1) is 19.6 Å². The summed E-state index contributed by atoms with van der Waals surface area (Å²) in [5, 5.41) is 53.1. The molecule has 3 heterocycles. The molecule has 2 aromatic heterocycles. The summed E-state index contributed by atoms with van der Waals surface area (Å²) in [6.45, 7) is 7.07. The van der Waals surface area contributed by atoms with Crippen LogP contribution in [0.1, 0.15) is 135 Å². The fourth-order valence-electron chi connectivity index (χ4n) is 12.7. The fraction of sp³-hybridized carbons (Fsp3) is 0.532. The number of carbonyl (C=O) groups excluding carboxylic acids is 14. The minimum absolute atomic E-state index is 0.00995. The molecule has 1 unspecified atom stereocenters. The summed E-state index contributed by atoms with van der Waals surface area (Å²) >= 11 is 0. The number of cyclic esters (lactones) is 1. The van der Waals surface area contributed by atoms with Gasteiger partial charge in [-0.25, -0.2) is 4.79 Å². The van der Waals surface area contributed by atoms with Crippen LogP contribution in [0.2, 0.25) is 0 Å². The second-order valence-corrected chi connectivity index (χ2v) is 28.5. The lowest BCUT2D eigenvalue weighted by molar-refractivity contribution is -0.157. The quantitative estimate of drug-likeness (QED) is 0.0179. The van der Waals surface area contributed by atoms with E-state index in [9.17, 15) is 67.7 Å². The summed E-state index contributed by atoms with van der Waals surface area (Å²) in [4.78, 5) is 205. The molecular weight excluding hydrogens is 1460 g/mol. The van der Waals surface area contributed by atoms with Gasteiger partial charge in [-0.2, -0.15) is 0 Å². The van der Waals surface area contributed by atoms with Crippen LogP contribution in [-0.4, -0.2) is 215 Å². The number of benzene rings is 3. The molecule has 36 nitrogen and oxygen atoms in total. The maximum absolute atomic E-state index is 15.1. The summed E-state index contributed by atoms with van der Waals surface area (Å²) < 4.78 is 5.60. The summed E-state index contributed by atoms with van der Waals surface area (Å²) in [6.07, 6.45) is 1.97. The van der Waals surface area contributed by atoms with Crippen LogP contribution in [0.4, 0.5) is 0 Å². The molecule has 6 rings (SSSR count). The van der Waals surface area contributed by atoms with Crippen LogP contribution in [0.5, 0.6) is 5.75 Å². The number of H-pyrrole nitrogens is 2. The molecule has 0 aliphatic carbocycles. The molecule has 1 saturated heterocycles. The first-order chi connectivity index (χ1) is 54.0. The Kier molecular flexibility index (Phi) is 37.0. The first-order valence-electron chi connectivity index (χ1n) is 38.4. The van der Waals surface area contributed by atoms with Crippen molar-refractivity contribution in [3.05, 3.63) is 102 Å². The van der Waals surface area contributed by atoms with Crippen LogP contribution in [0.3, 0.4) is 0 Å². The SMILES string of the molecule is CCC(C)CCC(=O)N[C@H](CC(N)=O)C(=O)N[C@H](Cc1ccc(O)cc1)C(=O)N[C@H](Cc1c[nH]c2ccccc12)C(=O)N[C@H](CCCN)C(=O)N[C@@H](CCCN)C(=O)N[C@@H](CCCN)C(=O)N[C@H](CCCN)C(=O)N[C@@H](Cc1c[nH]c2ccccc12)C(=O)N[C@@H]1C(=O)N[C@@H]([C@@H](C)CC)C(=O)NCC(=O)N[C@@H](CO)C(=O)O[C@@H]1C. The highest BCUT2D eigenvalue weighted by Crippen LogP contribution is 2.23. The van der Waals surface area contributed by atoms with Crippen molar-refractivity contribution in [3.63, 3.8) is 0 Å². The fourth-order valence-corrected chi connectivity index (χ4v) is 12.7. The minimum atomic E-state index is -1.80. The van der Waals surface area contributed by atoms with Crippen LogP contribution in [0.15, 0.2) is 85.2 Å². The number of aliphatic hydroxyl groups is 1. The van der Waals surface area contributed by atoms with Crippen molar-refractivity contribution in [1.82, 2.24) is 73.8 Å². The highest BCUT2D eigenvalue weighted by molar-refractivity contribution is 6.01. The third-order valence-electron chi connectivity index (χ3n) is 19.8. The van der Waals surface area contributed by atoms with Crippen molar-refractivity contribution in [2.24, 2.45) is 40.5 Å². The number of amides is 13. The smallest absolute Gasteiger partial charge is 0.331 e. The molecule has 36 heteroatoms. The number of phenols is 1. The van der Waals surface area contributed by atoms with Gasteiger partial charge >= 0.3 is 5.97 Å². The molecule has 0 bridgehead atoms. The van der Waals surface area contributed by atoms with Gasteiger partial charge < -0.3 is 117 Å². The number of nitrogens with one attached hydrogen (secondary N) is 14. The standard InChI is InChI=1S/C77H113N19O17/c1-6-42(3)24-29-63(100)86-60(37-62(82)99)73(108)92-57(34-45-25-27-48(98)28-26-45)71(106)94-58(35-46-38-83-51-18-10-8-16-49(46)51)72(107)91-55(22-14-32-80)69(104)89-53(20-12-30-78)67(102)88-54(21-13-31-79)68(103)90-56(23-15-33-81)70(105)93-59(36-47-39-84-52-19-11-9-17-50(47)52)74(109)96-66-44(5)113-77(112)61(41-97)87-64(101)40-85-75(110)65(43(4)7-2)95-76(66)111/h8-11,16-19,25-28,38-39,42-44,53-61,65-66,83-84,97-98H,6-7,12-15,20-24,29-37,40-41,78-81H2,1-5H3,(H2,82,99)(H,85,110)(H,86,100)(H,87,101)(H,88,102)(H,89,104)(H,90,103)(H,91,107)(H,92,108)(H,93,105)(H,94,106)(H,95,111)(H,96,109)/t42?,43-,44+,53-,54-,55+,56+,57+,58+,59-,60+,61-,65-,66-/m0/s1. The predicted octanol–water partition coefficient (Wildman–Crippen LogP) is -2.53. The van der Waals surface area contributed by atoms with Gasteiger partial charge in [-0.15, -0.1) is 0 Å². The Hall–Kier alpha value is -11.1. The summed E-state index contributed by atoms with van der Waals surface area (Å²) in [5.74, 6) is -13.2. The average Bonchev–Trinajstić information content (AvgIpc) is 1.72. The number of esters is 1. The van der Waals surface area contributed by atoms with Crippen LogP contribution in [-0.2, 0) is 91.1 Å². The molecule has 13 amide bonds. The van der Waals surface area contributed by atoms with E-state index in [1.165, 1.54) is 31.2 Å². The first kappa shape index (κ1) is 90.8. The molecule has 618 valence electrons. The zero-order valence-electron chi connectivity index (χ0n) is 64.6. The zero-order valence-corrected chi connectivity index (χ0v) is 64.6. The van der Waals surface area contributed by atoms with Gasteiger partial charge in [0, 0.05) is 59.9 Å². The van der Waals surface area contributed by atoms with E-state index in [0.717, 1.165) is 6.42 Å². The number of nitrogens with two attached hydrogens (primary N) is 5. The maximum atomic E-state index is 15.1.